The molecule has 2 atom stereocenters. The van der Waals surface area contributed by atoms with E-state index in [1.807, 2.05) is 30.3 Å². The fourth-order valence-electron chi connectivity index (χ4n) is 2.77. The Hall–Kier alpha value is -1.47. The van der Waals surface area contributed by atoms with E-state index in [1.54, 1.807) is 12.1 Å². The Kier molecular flexibility index (Phi) is 4.44. The fraction of sp³-hybridized carbons (Fsp3) is 0.375. The van der Waals surface area contributed by atoms with Crippen molar-refractivity contribution >= 4 is 20.8 Å². The zero-order chi connectivity index (χ0) is 15.6. The highest BCUT2D eigenvalue weighted by Gasteiger charge is 2.25. The van der Waals surface area contributed by atoms with Crippen LogP contribution in [0.1, 0.15) is 6.42 Å². The third kappa shape index (κ3) is 3.30. The first-order valence-corrected chi connectivity index (χ1v) is 8.92. The van der Waals surface area contributed by atoms with Crippen LogP contribution in [-0.4, -0.2) is 39.3 Å². The Morgan fingerprint density at radius 2 is 1.95 bits per heavy atom. The monoisotopic (exact) mass is 320 g/mol. The lowest BCUT2D eigenvalue weighted by Crippen LogP contribution is -2.45. The van der Waals surface area contributed by atoms with Crippen molar-refractivity contribution in [1.82, 2.24) is 10.0 Å². The average molecular weight is 320 g/mol. The van der Waals surface area contributed by atoms with E-state index < -0.39 is 16.1 Å². The van der Waals surface area contributed by atoms with Crippen LogP contribution in [0.4, 0.5) is 0 Å². The summed E-state index contributed by atoms with van der Waals surface area (Å²) in [6, 6.07) is 12.8. The van der Waals surface area contributed by atoms with Gasteiger partial charge >= 0.3 is 0 Å². The zero-order valence-electron chi connectivity index (χ0n) is 12.2. The molecule has 5 nitrogen and oxygen atoms in total. The maximum atomic E-state index is 12.4. The molecule has 1 fully saturated rings. The van der Waals surface area contributed by atoms with Gasteiger partial charge in [0.05, 0.1) is 11.0 Å². The fourth-order valence-corrected chi connectivity index (χ4v) is 3.90. The molecule has 0 aromatic heterocycles. The zero-order valence-corrected chi connectivity index (χ0v) is 13.0. The largest absolute Gasteiger partial charge is 0.391 e. The summed E-state index contributed by atoms with van der Waals surface area (Å²) in [7, 11) is -3.56. The molecule has 0 bridgehead atoms. The van der Waals surface area contributed by atoms with Crippen LogP contribution in [0.25, 0.3) is 10.8 Å². The Morgan fingerprint density at radius 3 is 2.73 bits per heavy atom. The Balaban J connectivity index is 1.76. The van der Waals surface area contributed by atoms with E-state index in [2.05, 4.69) is 10.0 Å². The van der Waals surface area contributed by atoms with Crippen molar-refractivity contribution in [2.45, 2.75) is 17.4 Å². The van der Waals surface area contributed by atoms with Crippen molar-refractivity contribution < 1.29 is 13.5 Å². The van der Waals surface area contributed by atoms with E-state index in [0.29, 0.717) is 6.54 Å². The Morgan fingerprint density at radius 1 is 1.18 bits per heavy atom. The number of aliphatic hydroxyl groups is 1. The Bertz CT molecular complexity index is 761. The molecule has 1 aliphatic heterocycles. The number of β-amino-alcohol motifs (C(OH)–C–C–N with tert-alkyl or cyclic N) is 1. The molecule has 0 saturated carbocycles. The number of rotatable bonds is 4. The van der Waals surface area contributed by atoms with Crippen LogP contribution >= 0.6 is 0 Å². The van der Waals surface area contributed by atoms with Gasteiger partial charge in [0.1, 0.15) is 0 Å². The van der Waals surface area contributed by atoms with E-state index in [9.17, 15) is 13.5 Å². The first-order chi connectivity index (χ1) is 10.6. The van der Waals surface area contributed by atoms with Crippen molar-refractivity contribution in [1.29, 1.82) is 0 Å². The summed E-state index contributed by atoms with van der Waals surface area (Å²) in [6.45, 7) is 1.58. The Labute approximate surface area is 130 Å². The topological polar surface area (TPSA) is 78.4 Å². The molecule has 0 amide bonds. The van der Waals surface area contributed by atoms with Gasteiger partial charge in [-0.25, -0.2) is 13.1 Å². The molecular formula is C16H20N2O3S. The molecule has 2 aromatic carbocycles. The second kappa shape index (κ2) is 6.34. The van der Waals surface area contributed by atoms with Gasteiger partial charge in [-0.3, -0.25) is 0 Å². The molecule has 1 heterocycles. The minimum atomic E-state index is -3.56. The number of fused-ring (bicyclic) bond motifs is 1. The van der Waals surface area contributed by atoms with Gasteiger partial charge < -0.3 is 10.4 Å². The SMILES string of the molecule is O=S(=O)(NC[C@H]1CCNC[C@H]1O)c1ccc2ccccc2c1. The van der Waals surface area contributed by atoms with Crippen LogP contribution in [0.15, 0.2) is 47.4 Å². The summed E-state index contributed by atoms with van der Waals surface area (Å²) in [5.41, 5.74) is 0. The molecule has 0 aliphatic carbocycles. The molecule has 1 saturated heterocycles. The molecule has 3 N–H and O–H groups in total. The van der Waals surface area contributed by atoms with Crippen LogP contribution < -0.4 is 10.0 Å². The highest BCUT2D eigenvalue weighted by molar-refractivity contribution is 7.89. The second-order valence-electron chi connectivity index (χ2n) is 5.68. The van der Waals surface area contributed by atoms with Gasteiger partial charge in [0.15, 0.2) is 0 Å². The summed E-state index contributed by atoms with van der Waals surface area (Å²) >= 11 is 0. The van der Waals surface area contributed by atoms with Gasteiger partial charge in [-0.1, -0.05) is 30.3 Å². The van der Waals surface area contributed by atoms with Crippen LogP contribution in [0.3, 0.4) is 0 Å². The molecule has 118 valence electrons. The summed E-state index contributed by atoms with van der Waals surface area (Å²) in [5.74, 6) is -0.0449. The lowest BCUT2D eigenvalue weighted by Gasteiger charge is -2.28. The number of benzene rings is 2. The van der Waals surface area contributed by atoms with Crippen molar-refractivity contribution in [2.24, 2.45) is 5.92 Å². The number of piperidine rings is 1. The van der Waals surface area contributed by atoms with Gasteiger partial charge in [0.2, 0.25) is 10.0 Å². The van der Waals surface area contributed by atoms with E-state index in [0.717, 1.165) is 23.7 Å². The lowest BCUT2D eigenvalue weighted by atomic mass is 9.96. The van der Waals surface area contributed by atoms with E-state index in [-0.39, 0.29) is 17.4 Å². The molecular weight excluding hydrogens is 300 g/mol. The number of hydrogen-bond acceptors (Lipinski definition) is 4. The number of hydrogen-bond donors (Lipinski definition) is 3. The van der Waals surface area contributed by atoms with Crippen LogP contribution in [0.2, 0.25) is 0 Å². The first kappa shape index (κ1) is 15.4. The van der Waals surface area contributed by atoms with Crippen molar-refractivity contribution in [2.75, 3.05) is 19.6 Å². The highest BCUT2D eigenvalue weighted by atomic mass is 32.2. The van der Waals surface area contributed by atoms with E-state index >= 15 is 0 Å². The smallest absolute Gasteiger partial charge is 0.240 e. The summed E-state index contributed by atoms with van der Waals surface area (Å²) < 4.78 is 27.5. The number of nitrogens with one attached hydrogen (secondary N) is 2. The molecule has 2 aromatic rings. The van der Waals surface area contributed by atoms with Crippen LogP contribution in [-0.2, 0) is 10.0 Å². The van der Waals surface area contributed by atoms with Gasteiger partial charge in [-0.2, -0.15) is 0 Å². The molecule has 0 unspecified atom stereocenters. The van der Waals surface area contributed by atoms with E-state index in [4.69, 9.17) is 0 Å². The van der Waals surface area contributed by atoms with Gasteiger partial charge in [0, 0.05) is 19.0 Å². The minimum absolute atomic E-state index is 0.0449. The molecule has 22 heavy (non-hydrogen) atoms. The quantitative estimate of drug-likeness (QED) is 0.788. The first-order valence-electron chi connectivity index (χ1n) is 7.43. The van der Waals surface area contributed by atoms with Crippen LogP contribution in [0, 0.1) is 5.92 Å². The highest BCUT2D eigenvalue weighted by Crippen LogP contribution is 2.19. The maximum Gasteiger partial charge on any atom is 0.240 e. The average Bonchev–Trinajstić information content (AvgIpc) is 2.54. The predicted molar refractivity (Wildman–Crippen MR) is 86.1 cm³/mol. The van der Waals surface area contributed by atoms with Gasteiger partial charge in [0.25, 0.3) is 0 Å². The lowest BCUT2D eigenvalue weighted by molar-refractivity contribution is 0.0844. The summed E-state index contributed by atoms with van der Waals surface area (Å²) in [5, 5.41) is 14.9. The number of aliphatic hydroxyl groups excluding tert-OH is 1. The normalized spacial score (nSPS) is 22.8. The maximum absolute atomic E-state index is 12.4. The predicted octanol–water partition coefficient (Wildman–Crippen LogP) is 1.09. The third-order valence-electron chi connectivity index (χ3n) is 4.16. The standard InChI is InChI=1S/C16H20N2O3S/c19-16-11-17-8-7-14(16)10-18-22(20,21)15-6-5-12-3-1-2-4-13(12)9-15/h1-6,9,14,16-19H,7-8,10-11H2/t14-,16-/m1/s1. The van der Waals surface area contributed by atoms with Crippen molar-refractivity contribution in [3.05, 3.63) is 42.5 Å². The van der Waals surface area contributed by atoms with Crippen molar-refractivity contribution in [3.63, 3.8) is 0 Å². The summed E-state index contributed by atoms with van der Waals surface area (Å²) in [4.78, 5) is 0.259. The molecule has 0 spiro atoms. The van der Waals surface area contributed by atoms with Gasteiger partial charge in [-0.05, 0) is 35.9 Å². The second-order valence-corrected chi connectivity index (χ2v) is 7.45. The summed E-state index contributed by atoms with van der Waals surface area (Å²) in [6.07, 6.45) is 0.259. The number of sulfonamides is 1. The molecule has 1 aliphatic rings. The minimum Gasteiger partial charge on any atom is -0.391 e. The van der Waals surface area contributed by atoms with Gasteiger partial charge in [-0.15, -0.1) is 0 Å². The molecule has 0 radical (unpaired) electrons. The van der Waals surface area contributed by atoms with E-state index in [1.165, 1.54) is 0 Å². The van der Waals surface area contributed by atoms with Crippen molar-refractivity contribution in [3.8, 4) is 0 Å². The molecule has 3 rings (SSSR count). The third-order valence-corrected chi connectivity index (χ3v) is 5.58. The van der Waals surface area contributed by atoms with Crippen LogP contribution in [0.5, 0.6) is 0 Å². The molecule has 6 heteroatoms.